The third-order valence-electron chi connectivity index (χ3n) is 12.8. The highest BCUT2D eigenvalue weighted by atomic mass is 15.1. The van der Waals surface area contributed by atoms with Gasteiger partial charge >= 0.3 is 0 Å². The monoisotopic (exact) mass is 814 g/mol. The van der Waals surface area contributed by atoms with Gasteiger partial charge in [-0.05, 0) is 133 Å². The van der Waals surface area contributed by atoms with Crippen LogP contribution in [-0.4, -0.2) is 4.57 Å². The summed E-state index contributed by atoms with van der Waals surface area (Å²) in [4.78, 5) is 2.37. The van der Waals surface area contributed by atoms with E-state index < -0.39 is 0 Å². The molecule has 0 saturated carbocycles. The molecule has 0 aliphatic carbocycles. The lowest BCUT2D eigenvalue weighted by molar-refractivity contribution is 1.17. The fourth-order valence-corrected chi connectivity index (χ4v) is 9.77. The van der Waals surface area contributed by atoms with E-state index in [4.69, 9.17) is 0 Å². The first-order valence-corrected chi connectivity index (χ1v) is 22.0. The lowest BCUT2D eigenvalue weighted by Gasteiger charge is -2.26. The molecule has 0 radical (unpaired) electrons. The Bertz CT molecular complexity index is 3570. The molecule has 2 heteroatoms. The van der Waals surface area contributed by atoms with Crippen molar-refractivity contribution in [3.63, 3.8) is 0 Å². The molecule has 11 aromatic carbocycles. The van der Waals surface area contributed by atoms with Gasteiger partial charge < -0.3 is 9.47 Å². The van der Waals surface area contributed by atoms with Gasteiger partial charge in [0.25, 0.3) is 0 Å². The van der Waals surface area contributed by atoms with Gasteiger partial charge in [-0.3, -0.25) is 0 Å². The summed E-state index contributed by atoms with van der Waals surface area (Å²) >= 11 is 0. The molecule has 300 valence electrons. The van der Waals surface area contributed by atoms with Crippen molar-refractivity contribution < 1.29 is 0 Å². The van der Waals surface area contributed by atoms with Crippen LogP contribution in [0, 0.1) is 0 Å². The average Bonchev–Trinajstić information content (AvgIpc) is 3.71. The Morgan fingerprint density at radius 3 is 1.34 bits per heavy atom. The summed E-state index contributed by atoms with van der Waals surface area (Å²) in [5, 5.41) is 7.53. The van der Waals surface area contributed by atoms with Crippen LogP contribution in [0.2, 0.25) is 0 Å². The first kappa shape index (κ1) is 37.3. The number of para-hydroxylation sites is 2. The molecular weight excluding hydrogens is 773 g/mol. The Hall–Kier alpha value is -8.46. The first-order chi connectivity index (χ1) is 31.7. The molecule has 0 fully saturated rings. The van der Waals surface area contributed by atoms with Gasteiger partial charge in [-0.1, -0.05) is 188 Å². The number of hydrogen-bond donors (Lipinski definition) is 0. The average molecular weight is 815 g/mol. The molecule has 0 aliphatic heterocycles. The zero-order chi connectivity index (χ0) is 42.4. The summed E-state index contributed by atoms with van der Waals surface area (Å²) in [5.74, 6) is 0. The summed E-state index contributed by atoms with van der Waals surface area (Å²) in [6.45, 7) is 0. The fraction of sp³-hybridized carbons (Fsp3) is 0. The molecule has 1 heterocycles. The Balaban J connectivity index is 0.949. The smallest absolute Gasteiger partial charge is 0.0541 e. The Kier molecular flexibility index (Phi) is 9.20. The van der Waals surface area contributed by atoms with E-state index in [1.807, 2.05) is 0 Å². The molecule has 0 saturated heterocycles. The number of rotatable bonds is 8. The van der Waals surface area contributed by atoms with E-state index in [-0.39, 0.29) is 0 Å². The summed E-state index contributed by atoms with van der Waals surface area (Å²) < 4.78 is 2.38. The van der Waals surface area contributed by atoms with Gasteiger partial charge in [0, 0.05) is 33.5 Å². The summed E-state index contributed by atoms with van der Waals surface area (Å²) in [6, 6.07) is 92.6. The molecule has 0 atom stereocenters. The minimum atomic E-state index is 1.08. The molecule has 64 heavy (non-hydrogen) atoms. The van der Waals surface area contributed by atoms with Crippen molar-refractivity contribution in [3.05, 3.63) is 255 Å². The summed E-state index contributed by atoms with van der Waals surface area (Å²) in [6.07, 6.45) is 0. The van der Waals surface area contributed by atoms with Crippen LogP contribution < -0.4 is 4.90 Å². The van der Waals surface area contributed by atoms with E-state index in [0.29, 0.717) is 0 Å². The highest BCUT2D eigenvalue weighted by molar-refractivity contribution is 6.09. The number of nitrogens with zero attached hydrogens (tertiary/aromatic N) is 2. The van der Waals surface area contributed by atoms with Crippen LogP contribution in [0.4, 0.5) is 17.1 Å². The normalized spacial score (nSPS) is 11.4. The number of anilines is 3. The second-order valence-corrected chi connectivity index (χ2v) is 16.5. The predicted molar refractivity (Wildman–Crippen MR) is 272 cm³/mol. The quantitative estimate of drug-likeness (QED) is 0.148. The van der Waals surface area contributed by atoms with E-state index in [2.05, 4.69) is 264 Å². The molecule has 0 amide bonds. The maximum Gasteiger partial charge on any atom is 0.0541 e. The number of aromatic nitrogens is 1. The van der Waals surface area contributed by atoms with Crippen LogP contribution in [0.3, 0.4) is 0 Å². The zero-order valence-electron chi connectivity index (χ0n) is 35.1. The summed E-state index contributed by atoms with van der Waals surface area (Å²) in [7, 11) is 0. The van der Waals surface area contributed by atoms with E-state index in [1.54, 1.807) is 0 Å². The Morgan fingerprint density at radius 2 is 0.703 bits per heavy atom. The molecule has 2 nitrogen and oxygen atoms in total. The molecule has 0 aliphatic rings. The molecule has 0 bridgehead atoms. The van der Waals surface area contributed by atoms with Crippen molar-refractivity contribution in [1.29, 1.82) is 0 Å². The summed E-state index contributed by atoms with van der Waals surface area (Å²) in [5.41, 5.74) is 16.5. The molecule has 1 aromatic heterocycles. The van der Waals surface area contributed by atoms with E-state index in [1.165, 1.54) is 87.9 Å². The highest BCUT2D eigenvalue weighted by Crippen LogP contribution is 2.41. The first-order valence-electron chi connectivity index (χ1n) is 22.0. The standard InChI is InChI=1S/C62H42N2/c1-2-14-45(15-3-1)56-26-12-18-47-19-13-27-57(62(47)56)46-32-36-51(37-33-46)63(52-38-40-53(41-39-52)64-60-28-8-6-23-58(60)59-24-7-9-29-61(59)64)50-34-30-43(31-35-50)48-20-10-21-49(42-48)55-25-11-17-44-16-4-5-22-54(44)55/h1-42H. The van der Waals surface area contributed by atoms with Crippen molar-refractivity contribution >= 4 is 60.4 Å². The second kappa shape index (κ2) is 15.8. The van der Waals surface area contributed by atoms with Crippen LogP contribution in [0.5, 0.6) is 0 Å². The SMILES string of the molecule is c1ccc(-c2cccc3cccc(-c4ccc(N(c5ccc(-c6cccc(-c7cccc8ccccc78)c6)cc5)c5ccc(-n6c7ccccc7c7ccccc76)cc5)cc4)c23)cc1. The molecule has 12 aromatic rings. The number of hydrogen-bond acceptors (Lipinski definition) is 1. The molecule has 0 unspecified atom stereocenters. The van der Waals surface area contributed by atoms with E-state index in [9.17, 15) is 0 Å². The van der Waals surface area contributed by atoms with Crippen molar-refractivity contribution in [2.75, 3.05) is 4.90 Å². The van der Waals surface area contributed by atoms with Crippen molar-refractivity contribution in [3.8, 4) is 50.2 Å². The highest BCUT2D eigenvalue weighted by Gasteiger charge is 2.17. The minimum Gasteiger partial charge on any atom is -0.311 e. The number of fused-ring (bicyclic) bond motifs is 5. The van der Waals surface area contributed by atoms with Crippen LogP contribution in [0.15, 0.2) is 255 Å². The Morgan fingerprint density at radius 1 is 0.266 bits per heavy atom. The van der Waals surface area contributed by atoms with Crippen LogP contribution in [0.25, 0.3) is 93.5 Å². The minimum absolute atomic E-state index is 1.08. The lowest BCUT2D eigenvalue weighted by Crippen LogP contribution is -2.10. The van der Waals surface area contributed by atoms with Gasteiger partial charge in [-0.15, -0.1) is 0 Å². The van der Waals surface area contributed by atoms with Gasteiger partial charge in [-0.25, -0.2) is 0 Å². The molecule has 0 spiro atoms. The van der Waals surface area contributed by atoms with Crippen LogP contribution >= 0.6 is 0 Å². The van der Waals surface area contributed by atoms with Crippen LogP contribution in [-0.2, 0) is 0 Å². The largest absolute Gasteiger partial charge is 0.311 e. The van der Waals surface area contributed by atoms with Gasteiger partial charge in [0.05, 0.1) is 11.0 Å². The van der Waals surface area contributed by atoms with Crippen molar-refractivity contribution in [1.82, 2.24) is 4.57 Å². The van der Waals surface area contributed by atoms with E-state index >= 15 is 0 Å². The van der Waals surface area contributed by atoms with Crippen LogP contribution in [0.1, 0.15) is 0 Å². The van der Waals surface area contributed by atoms with E-state index in [0.717, 1.165) is 22.7 Å². The molecular formula is C62H42N2. The van der Waals surface area contributed by atoms with Gasteiger partial charge in [0.1, 0.15) is 0 Å². The van der Waals surface area contributed by atoms with Crippen molar-refractivity contribution in [2.45, 2.75) is 0 Å². The maximum absolute atomic E-state index is 2.38. The van der Waals surface area contributed by atoms with Gasteiger partial charge in [0.2, 0.25) is 0 Å². The third-order valence-corrected chi connectivity index (χ3v) is 12.8. The number of benzene rings is 11. The molecule has 0 N–H and O–H groups in total. The molecule has 12 rings (SSSR count). The zero-order valence-corrected chi connectivity index (χ0v) is 35.1. The second-order valence-electron chi connectivity index (χ2n) is 16.5. The third kappa shape index (κ3) is 6.52. The maximum atomic E-state index is 2.38. The fourth-order valence-electron chi connectivity index (χ4n) is 9.77. The van der Waals surface area contributed by atoms with Gasteiger partial charge in [-0.2, -0.15) is 0 Å². The van der Waals surface area contributed by atoms with Crippen molar-refractivity contribution in [2.24, 2.45) is 0 Å². The van der Waals surface area contributed by atoms with Gasteiger partial charge in [0.15, 0.2) is 0 Å². The predicted octanol–water partition coefficient (Wildman–Crippen LogP) is 17.2. The lowest BCUT2D eigenvalue weighted by atomic mass is 9.91. The Labute approximate surface area is 373 Å². The topological polar surface area (TPSA) is 8.17 Å².